The molecule has 0 atom stereocenters. The van der Waals surface area contributed by atoms with Crippen LogP contribution in [0.3, 0.4) is 0 Å². The van der Waals surface area contributed by atoms with E-state index in [9.17, 15) is 14.4 Å². The lowest BCUT2D eigenvalue weighted by atomic mass is 10.0. The van der Waals surface area contributed by atoms with Gasteiger partial charge in [-0.3, -0.25) is 14.4 Å². The van der Waals surface area contributed by atoms with Gasteiger partial charge >= 0.3 is 11.8 Å². The van der Waals surface area contributed by atoms with Crippen molar-refractivity contribution in [2.75, 3.05) is 31.5 Å². The van der Waals surface area contributed by atoms with E-state index in [4.69, 9.17) is 0 Å². The predicted molar refractivity (Wildman–Crippen MR) is 88.0 cm³/mol. The van der Waals surface area contributed by atoms with Crippen molar-refractivity contribution in [1.29, 1.82) is 0 Å². The Morgan fingerprint density at radius 2 is 1.65 bits per heavy atom. The van der Waals surface area contributed by atoms with Gasteiger partial charge < -0.3 is 15.1 Å². The maximum Gasteiger partial charge on any atom is 0.313 e. The molecule has 1 aliphatic heterocycles. The van der Waals surface area contributed by atoms with Gasteiger partial charge in [0.1, 0.15) is 0 Å². The number of nitrogens with one attached hydrogen (secondary N) is 1. The van der Waals surface area contributed by atoms with E-state index < -0.39 is 11.8 Å². The average Bonchev–Trinajstić information content (AvgIpc) is 2.61. The average molecular weight is 317 g/mol. The molecule has 1 heterocycles. The van der Waals surface area contributed by atoms with Crippen LogP contribution in [0, 0.1) is 0 Å². The number of rotatable bonds is 4. The molecule has 0 aliphatic carbocycles. The van der Waals surface area contributed by atoms with E-state index in [2.05, 4.69) is 5.32 Å². The number of piperazine rings is 1. The first-order valence-corrected chi connectivity index (χ1v) is 8.01. The largest absolute Gasteiger partial charge is 0.342 e. The fraction of sp³-hybridized carbons (Fsp3) is 0.471. The lowest BCUT2D eigenvalue weighted by molar-refractivity contribution is -0.144. The Balaban J connectivity index is 2.07. The standard InChI is InChI=1S/C17H23N3O3/c1-3-13-6-5-7-14(4-2)15(13)18-16(22)17(23)20-10-8-19(12-21)9-11-20/h5-7,12H,3-4,8-11H2,1-2H3,(H,18,22). The highest BCUT2D eigenvalue weighted by Gasteiger charge is 2.26. The number of aryl methyl sites for hydroxylation is 2. The molecule has 0 radical (unpaired) electrons. The van der Waals surface area contributed by atoms with Gasteiger partial charge in [-0.2, -0.15) is 0 Å². The zero-order valence-electron chi connectivity index (χ0n) is 13.7. The molecule has 1 fully saturated rings. The van der Waals surface area contributed by atoms with Gasteiger partial charge in [-0.1, -0.05) is 32.0 Å². The number of carbonyl (C=O) groups excluding carboxylic acids is 3. The van der Waals surface area contributed by atoms with E-state index in [1.54, 1.807) is 4.90 Å². The van der Waals surface area contributed by atoms with Gasteiger partial charge in [0, 0.05) is 31.9 Å². The van der Waals surface area contributed by atoms with Crippen LogP contribution in [0.15, 0.2) is 18.2 Å². The summed E-state index contributed by atoms with van der Waals surface area (Å²) in [5, 5.41) is 2.79. The summed E-state index contributed by atoms with van der Waals surface area (Å²) in [6.07, 6.45) is 2.35. The van der Waals surface area contributed by atoms with Crippen molar-refractivity contribution in [3.63, 3.8) is 0 Å². The van der Waals surface area contributed by atoms with Gasteiger partial charge in [-0.15, -0.1) is 0 Å². The summed E-state index contributed by atoms with van der Waals surface area (Å²) in [5.41, 5.74) is 2.80. The Morgan fingerprint density at radius 1 is 1.09 bits per heavy atom. The maximum atomic E-state index is 12.3. The molecule has 0 aromatic heterocycles. The molecular formula is C17H23N3O3. The number of amides is 3. The van der Waals surface area contributed by atoms with Gasteiger partial charge in [0.05, 0.1) is 0 Å². The molecule has 1 N–H and O–H groups in total. The van der Waals surface area contributed by atoms with Crippen LogP contribution in [-0.4, -0.2) is 54.2 Å². The summed E-state index contributed by atoms with van der Waals surface area (Å²) >= 11 is 0. The highest BCUT2D eigenvalue weighted by atomic mass is 16.2. The predicted octanol–water partition coefficient (Wildman–Crippen LogP) is 1.05. The minimum Gasteiger partial charge on any atom is -0.342 e. The number of anilines is 1. The Kier molecular flexibility index (Phi) is 5.73. The third kappa shape index (κ3) is 3.88. The summed E-state index contributed by atoms with van der Waals surface area (Å²) in [5.74, 6) is -1.15. The molecule has 1 aliphatic rings. The lowest BCUT2D eigenvalue weighted by Gasteiger charge is -2.32. The number of carbonyl (C=O) groups is 3. The number of hydrogen-bond donors (Lipinski definition) is 1. The topological polar surface area (TPSA) is 69.7 Å². The van der Waals surface area contributed by atoms with Crippen LogP contribution >= 0.6 is 0 Å². The molecule has 1 aromatic carbocycles. The number of nitrogens with zero attached hydrogens (tertiary/aromatic N) is 2. The van der Waals surface area contributed by atoms with E-state index in [0.717, 1.165) is 36.1 Å². The molecule has 3 amide bonds. The van der Waals surface area contributed by atoms with Gasteiger partial charge in [-0.25, -0.2) is 0 Å². The first-order chi connectivity index (χ1) is 11.1. The summed E-state index contributed by atoms with van der Waals surface area (Å²) in [6.45, 7) is 5.75. The van der Waals surface area contributed by atoms with Crippen molar-refractivity contribution in [2.24, 2.45) is 0 Å². The molecule has 2 rings (SSSR count). The molecule has 6 heteroatoms. The molecule has 1 aromatic rings. The molecule has 6 nitrogen and oxygen atoms in total. The van der Waals surface area contributed by atoms with Crippen molar-refractivity contribution in [2.45, 2.75) is 26.7 Å². The smallest absolute Gasteiger partial charge is 0.313 e. The van der Waals surface area contributed by atoms with E-state index in [-0.39, 0.29) is 0 Å². The van der Waals surface area contributed by atoms with Crippen molar-refractivity contribution >= 4 is 23.9 Å². The molecule has 1 saturated heterocycles. The zero-order valence-corrected chi connectivity index (χ0v) is 13.7. The first-order valence-electron chi connectivity index (χ1n) is 8.01. The Bertz CT molecular complexity index is 570. The lowest BCUT2D eigenvalue weighted by Crippen LogP contribution is -2.51. The van der Waals surface area contributed by atoms with Crippen molar-refractivity contribution in [3.05, 3.63) is 29.3 Å². The second-order valence-corrected chi connectivity index (χ2v) is 5.55. The Morgan fingerprint density at radius 3 is 2.13 bits per heavy atom. The number of benzene rings is 1. The SMILES string of the molecule is CCc1cccc(CC)c1NC(=O)C(=O)N1CCN(C=O)CC1. The van der Waals surface area contributed by atoms with Crippen molar-refractivity contribution < 1.29 is 14.4 Å². The van der Waals surface area contributed by atoms with E-state index >= 15 is 0 Å². The van der Waals surface area contributed by atoms with Crippen LogP contribution in [0.4, 0.5) is 5.69 Å². The molecule has 23 heavy (non-hydrogen) atoms. The zero-order chi connectivity index (χ0) is 16.8. The molecular weight excluding hydrogens is 294 g/mol. The fourth-order valence-corrected chi connectivity index (χ4v) is 2.74. The minimum absolute atomic E-state index is 0.390. The Labute approximate surface area is 136 Å². The van der Waals surface area contributed by atoms with Crippen LogP contribution in [0.1, 0.15) is 25.0 Å². The number of para-hydroxylation sites is 1. The van der Waals surface area contributed by atoms with Crippen LogP contribution in [0.5, 0.6) is 0 Å². The van der Waals surface area contributed by atoms with Crippen molar-refractivity contribution in [3.8, 4) is 0 Å². The van der Waals surface area contributed by atoms with Gasteiger partial charge in [0.2, 0.25) is 6.41 Å². The molecule has 0 saturated carbocycles. The van der Waals surface area contributed by atoms with Crippen LogP contribution < -0.4 is 5.32 Å². The highest BCUT2D eigenvalue weighted by Crippen LogP contribution is 2.22. The Hall–Kier alpha value is -2.37. The summed E-state index contributed by atoms with van der Waals surface area (Å²) in [6, 6.07) is 5.89. The molecule has 124 valence electrons. The third-order valence-corrected chi connectivity index (χ3v) is 4.18. The first kappa shape index (κ1) is 17.0. The van der Waals surface area contributed by atoms with Crippen LogP contribution in [0.2, 0.25) is 0 Å². The second-order valence-electron chi connectivity index (χ2n) is 5.55. The minimum atomic E-state index is -0.611. The van der Waals surface area contributed by atoms with E-state index in [0.29, 0.717) is 26.2 Å². The van der Waals surface area contributed by atoms with Gasteiger partial charge in [0.15, 0.2) is 0 Å². The molecule has 0 bridgehead atoms. The molecule has 0 unspecified atom stereocenters. The quantitative estimate of drug-likeness (QED) is 0.666. The normalized spacial score (nSPS) is 14.5. The van der Waals surface area contributed by atoms with Crippen molar-refractivity contribution in [1.82, 2.24) is 9.80 Å². The van der Waals surface area contributed by atoms with Crippen LogP contribution in [-0.2, 0) is 27.2 Å². The summed E-state index contributed by atoms with van der Waals surface area (Å²) < 4.78 is 0. The third-order valence-electron chi connectivity index (χ3n) is 4.18. The highest BCUT2D eigenvalue weighted by molar-refractivity contribution is 6.39. The van der Waals surface area contributed by atoms with Crippen LogP contribution in [0.25, 0.3) is 0 Å². The van der Waals surface area contributed by atoms with E-state index in [1.165, 1.54) is 4.90 Å². The summed E-state index contributed by atoms with van der Waals surface area (Å²) in [7, 11) is 0. The maximum absolute atomic E-state index is 12.3. The fourth-order valence-electron chi connectivity index (χ4n) is 2.74. The number of hydrogen-bond acceptors (Lipinski definition) is 3. The second kappa shape index (κ2) is 7.76. The molecule has 0 spiro atoms. The van der Waals surface area contributed by atoms with E-state index in [1.807, 2.05) is 32.0 Å². The van der Waals surface area contributed by atoms with Gasteiger partial charge in [0.25, 0.3) is 0 Å². The van der Waals surface area contributed by atoms with Gasteiger partial charge in [-0.05, 0) is 24.0 Å². The monoisotopic (exact) mass is 317 g/mol. The summed E-state index contributed by atoms with van der Waals surface area (Å²) in [4.78, 5) is 38.4.